The fourth-order valence-electron chi connectivity index (χ4n) is 2.60. The molecular weight excluding hydrogens is 516 g/mol. The Morgan fingerprint density at radius 2 is 1.18 bits per heavy atom. The maximum absolute atomic E-state index is 11.3. The molecule has 12 nitrogen and oxygen atoms in total. The second kappa shape index (κ2) is 17.1. The van der Waals surface area contributed by atoms with Crippen LogP contribution in [0.3, 0.4) is 0 Å². The van der Waals surface area contributed by atoms with E-state index >= 15 is 0 Å². The summed E-state index contributed by atoms with van der Waals surface area (Å²) in [5, 5.41) is 33.9. The largest absolute Gasteiger partial charge is 0.511 e. The van der Waals surface area contributed by atoms with Gasteiger partial charge in [-0.15, -0.1) is 0 Å². The third-order valence-corrected chi connectivity index (χ3v) is 4.36. The number of hydrogen-bond donors (Lipinski definition) is 4. The molecule has 0 saturated carbocycles. The van der Waals surface area contributed by atoms with Crippen molar-refractivity contribution in [3.8, 4) is 11.5 Å². The van der Waals surface area contributed by atoms with Crippen LogP contribution in [0.25, 0.3) is 0 Å². The van der Waals surface area contributed by atoms with E-state index < -0.39 is 41.3 Å². The molecule has 0 heterocycles. The number of esters is 1. The molecule has 0 bridgehead atoms. The summed E-state index contributed by atoms with van der Waals surface area (Å²) < 4.78 is 13.4. The van der Waals surface area contributed by atoms with E-state index in [4.69, 9.17) is 25.2 Å². The maximum atomic E-state index is 11.3. The van der Waals surface area contributed by atoms with Gasteiger partial charge in [-0.1, -0.05) is 55.8 Å². The standard InChI is InChI=1S/C11H14O2.C9H6O8.C7H6O2/c1-2-3-9-13-11(12)10-7-5-4-6-8-10;10-7(11)4-2-1-3-5(16-8(12)13)6(4)17-9(14)15;8-7(9)6-4-2-1-3-5-6/h4-8H,2-3,9H2,1H3;1-3H,(H,10,11)(H,12,13)(H,14,15);1-5H,(H,8,9). The highest BCUT2D eigenvalue weighted by Crippen LogP contribution is 2.31. The fraction of sp³-hybridized carbons (Fsp3) is 0.148. The molecule has 3 rings (SSSR count). The van der Waals surface area contributed by atoms with Crippen LogP contribution in [0.1, 0.15) is 50.8 Å². The number of rotatable bonds is 8. The van der Waals surface area contributed by atoms with E-state index in [0.717, 1.165) is 25.0 Å². The number of ether oxygens (including phenoxy) is 3. The fourth-order valence-corrected chi connectivity index (χ4v) is 2.60. The first-order valence-corrected chi connectivity index (χ1v) is 11.2. The maximum Gasteiger partial charge on any atom is 0.511 e. The Bertz CT molecular complexity index is 1240. The number of benzene rings is 3. The molecule has 12 heteroatoms. The predicted octanol–water partition coefficient (Wildman–Crippen LogP) is 5.53. The van der Waals surface area contributed by atoms with Crippen LogP contribution in [0.15, 0.2) is 78.9 Å². The molecule has 3 aromatic rings. The van der Waals surface area contributed by atoms with Gasteiger partial charge in [0.05, 0.1) is 17.7 Å². The van der Waals surface area contributed by atoms with E-state index in [1.807, 2.05) is 18.2 Å². The molecule has 0 aromatic heterocycles. The van der Waals surface area contributed by atoms with E-state index in [2.05, 4.69) is 16.4 Å². The van der Waals surface area contributed by atoms with Crippen LogP contribution in [-0.4, -0.2) is 57.3 Å². The highest BCUT2D eigenvalue weighted by Gasteiger charge is 2.20. The Hall–Kier alpha value is -5.39. The van der Waals surface area contributed by atoms with Gasteiger partial charge in [-0.05, 0) is 42.8 Å². The van der Waals surface area contributed by atoms with E-state index in [1.54, 1.807) is 42.5 Å². The van der Waals surface area contributed by atoms with Gasteiger partial charge in [-0.25, -0.2) is 24.0 Å². The molecule has 39 heavy (non-hydrogen) atoms. The van der Waals surface area contributed by atoms with Crippen molar-refractivity contribution in [3.05, 3.63) is 95.6 Å². The highest BCUT2D eigenvalue weighted by atomic mass is 16.7. The van der Waals surface area contributed by atoms with Crippen LogP contribution < -0.4 is 9.47 Å². The Labute approximate surface area is 222 Å². The van der Waals surface area contributed by atoms with Gasteiger partial charge in [0.25, 0.3) is 0 Å². The summed E-state index contributed by atoms with van der Waals surface area (Å²) in [6, 6.07) is 20.7. The number of unbranched alkanes of at least 4 members (excludes halogenated alkanes) is 1. The number of carbonyl (C=O) groups excluding carboxylic acids is 1. The van der Waals surface area contributed by atoms with Crippen molar-refractivity contribution in [1.82, 2.24) is 0 Å². The SMILES string of the molecule is CCCCOC(=O)c1ccccc1.O=C(O)Oc1cccc(C(=O)O)c1OC(=O)O.O=C(O)c1ccccc1. The lowest BCUT2D eigenvalue weighted by Gasteiger charge is -2.08. The summed E-state index contributed by atoms with van der Waals surface area (Å²) >= 11 is 0. The first kappa shape index (κ1) is 31.6. The van der Waals surface area contributed by atoms with E-state index in [0.29, 0.717) is 17.7 Å². The highest BCUT2D eigenvalue weighted by molar-refractivity contribution is 5.93. The van der Waals surface area contributed by atoms with Crippen molar-refractivity contribution in [1.29, 1.82) is 0 Å². The lowest BCUT2D eigenvalue weighted by molar-refractivity contribution is 0.0498. The summed E-state index contributed by atoms with van der Waals surface area (Å²) in [5.41, 5.74) is 0.433. The van der Waals surface area contributed by atoms with Crippen LogP contribution in [0, 0.1) is 0 Å². The monoisotopic (exact) mass is 542 g/mol. The van der Waals surface area contributed by atoms with Crippen molar-refractivity contribution < 1.29 is 58.6 Å². The quantitative estimate of drug-likeness (QED) is 0.158. The van der Waals surface area contributed by atoms with Crippen molar-refractivity contribution in [2.45, 2.75) is 19.8 Å². The molecule has 0 unspecified atom stereocenters. The summed E-state index contributed by atoms with van der Waals surface area (Å²) in [5.74, 6) is -3.78. The summed E-state index contributed by atoms with van der Waals surface area (Å²) in [7, 11) is 0. The van der Waals surface area contributed by atoms with E-state index in [-0.39, 0.29) is 5.97 Å². The number of carboxylic acid groups (broad SMARTS) is 4. The minimum absolute atomic E-state index is 0.228. The molecule has 0 aliphatic heterocycles. The molecule has 206 valence electrons. The smallest absolute Gasteiger partial charge is 0.478 e. The third kappa shape index (κ3) is 12.4. The lowest BCUT2D eigenvalue weighted by Crippen LogP contribution is -2.12. The number of carbonyl (C=O) groups is 5. The van der Waals surface area contributed by atoms with Crippen LogP contribution in [-0.2, 0) is 4.74 Å². The lowest BCUT2D eigenvalue weighted by atomic mass is 10.2. The third-order valence-electron chi connectivity index (χ3n) is 4.36. The molecule has 0 atom stereocenters. The first-order chi connectivity index (χ1) is 18.6. The average Bonchev–Trinajstić information content (AvgIpc) is 2.91. The van der Waals surface area contributed by atoms with Gasteiger partial charge < -0.3 is 34.6 Å². The van der Waals surface area contributed by atoms with Crippen molar-refractivity contribution >= 4 is 30.2 Å². The molecule has 4 N–H and O–H groups in total. The van der Waals surface area contributed by atoms with Gasteiger partial charge in [0, 0.05) is 0 Å². The average molecular weight is 542 g/mol. The minimum Gasteiger partial charge on any atom is -0.478 e. The Balaban J connectivity index is 0.000000307. The van der Waals surface area contributed by atoms with Gasteiger partial charge in [0.15, 0.2) is 11.5 Å². The number of carboxylic acids is 2. The van der Waals surface area contributed by atoms with Crippen LogP contribution in [0.2, 0.25) is 0 Å². The zero-order chi connectivity index (χ0) is 29.2. The molecule has 0 aliphatic carbocycles. The van der Waals surface area contributed by atoms with Gasteiger partial charge in [0.2, 0.25) is 0 Å². The molecule has 3 aromatic carbocycles. The van der Waals surface area contributed by atoms with Gasteiger partial charge in [0.1, 0.15) is 5.56 Å². The van der Waals surface area contributed by atoms with Crippen molar-refractivity contribution in [2.75, 3.05) is 6.61 Å². The van der Waals surface area contributed by atoms with Crippen LogP contribution in [0.5, 0.6) is 11.5 Å². The van der Waals surface area contributed by atoms with Crippen LogP contribution >= 0.6 is 0 Å². The van der Waals surface area contributed by atoms with Crippen molar-refractivity contribution in [2.24, 2.45) is 0 Å². The molecule has 0 aliphatic rings. The molecule has 0 saturated heterocycles. The Morgan fingerprint density at radius 3 is 1.62 bits per heavy atom. The second-order valence-corrected chi connectivity index (χ2v) is 7.20. The summed E-state index contributed by atoms with van der Waals surface area (Å²) in [4.78, 5) is 52.9. The number of aromatic carboxylic acids is 2. The molecule has 0 spiro atoms. The number of para-hydroxylation sites is 1. The van der Waals surface area contributed by atoms with Gasteiger partial charge in [-0.3, -0.25) is 0 Å². The Morgan fingerprint density at radius 1 is 0.641 bits per heavy atom. The normalized spacial score (nSPS) is 9.36. The van der Waals surface area contributed by atoms with Gasteiger partial charge in [-0.2, -0.15) is 0 Å². The zero-order valence-corrected chi connectivity index (χ0v) is 20.7. The molecular formula is C27H26O12. The molecule has 0 fully saturated rings. The topological polar surface area (TPSA) is 194 Å². The second-order valence-electron chi connectivity index (χ2n) is 7.20. The van der Waals surface area contributed by atoms with Gasteiger partial charge >= 0.3 is 30.2 Å². The van der Waals surface area contributed by atoms with Crippen LogP contribution in [0.4, 0.5) is 9.59 Å². The Kier molecular flexibility index (Phi) is 13.9. The first-order valence-electron chi connectivity index (χ1n) is 11.2. The van der Waals surface area contributed by atoms with E-state index in [9.17, 15) is 24.0 Å². The zero-order valence-electron chi connectivity index (χ0n) is 20.7. The van der Waals surface area contributed by atoms with E-state index in [1.165, 1.54) is 6.07 Å². The summed E-state index contributed by atoms with van der Waals surface area (Å²) in [6.07, 6.45) is -1.53. The minimum atomic E-state index is -1.78. The number of hydrogen-bond acceptors (Lipinski definition) is 8. The molecule has 0 radical (unpaired) electrons. The van der Waals surface area contributed by atoms with Crippen molar-refractivity contribution in [3.63, 3.8) is 0 Å². The predicted molar refractivity (Wildman–Crippen MR) is 136 cm³/mol. The molecule has 0 amide bonds. The summed E-state index contributed by atoms with van der Waals surface area (Å²) in [6.45, 7) is 2.58.